The summed E-state index contributed by atoms with van der Waals surface area (Å²) in [5.74, 6) is 0.501. The summed E-state index contributed by atoms with van der Waals surface area (Å²) in [6.45, 7) is 6.25. The molecular formula is C12H21NO3S. The molecule has 0 atom stereocenters. The van der Waals surface area contributed by atoms with Gasteiger partial charge in [-0.1, -0.05) is 6.08 Å². The molecule has 0 aromatic heterocycles. The quantitative estimate of drug-likeness (QED) is 0.535. The SMILES string of the molecule is C=CCOCC1CCN(S(=O)(=O)C2CC2)CC1. The molecule has 0 aromatic carbocycles. The number of piperidine rings is 1. The Kier molecular flexibility index (Phi) is 4.22. The molecule has 0 bridgehead atoms. The third-order valence-electron chi connectivity index (χ3n) is 3.47. The minimum absolute atomic E-state index is 0.0731. The molecule has 1 heterocycles. The first kappa shape index (κ1) is 13.1. The minimum atomic E-state index is -2.96. The van der Waals surface area contributed by atoms with Crippen LogP contribution in [0.4, 0.5) is 0 Å². The van der Waals surface area contributed by atoms with Crippen molar-refractivity contribution in [3.8, 4) is 0 Å². The van der Waals surface area contributed by atoms with Crippen LogP contribution in [0.25, 0.3) is 0 Å². The van der Waals surface area contributed by atoms with Gasteiger partial charge in [-0.3, -0.25) is 0 Å². The molecule has 1 aliphatic heterocycles. The molecule has 2 rings (SSSR count). The van der Waals surface area contributed by atoms with Crippen LogP contribution >= 0.6 is 0 Å². The standard InChI is InChI=1S/C12H21NO3S/c1-2-9-16-10-11-5-7-13(8-6-11)17(14,15)12-3-4-12/h2,11-12H,1,3-10H2. The van der Waals surface area contributed by atoms with E-state index in [4.69, 9.17) is 4.74 Å². The van der Waals surface area contributed by atoms with E-state index in [1.54, 1.807) is 10.4 Å². The van der Waals surface area contributed by atoms with E-state index in [2.05, 4.69) is 6.58 Å². The molecule has 2 fully saturated rings. The molecule has 0 aromatic rings. The first-order valence-corrected chi connectivity index (χ1v) is 7.82. The summed E-state index contributed by atoms with van der Waals surface area (Å²) in [7, 11) is -2.96. The molecule has 0 amide bonds. The summed E-state index contributed by atoms with van der Waals surface area (Å²) in [5.41, 5.74) is 0. The Morgan fingerprint density at radius 1 is 1.24 bits per heavy atom. The van der Waals surface area contributed by atoms with E-state index >= 15 is 0 Å². The van der Waals surface area contributed by atoms with Crippen LogP contribution in [0.15, 0.2) is 12.7 Å². The number of nitrogens with zero attached hydrogens (tertiary/aromatic N) is 1. The van der Waals surface area contributed by atoms with Crippen molar-refractivity contribution in [2.45, 2.75) is 30.9 Å². The molecule has 0 N–H and O–H groups in total. The van der Waals surface area contributed by atoms with E-state index in [1.807, 2.05) is 0 Å². The van der Waals surface area contributed by atoms with E-state index in [0.717, 1.165) is 32.3 Å². The number of hydrogen-bond donors (Lipinski definition) is 0. The summed E-state index contributed by atoms with van der Waals surface area (Å²) >= 11 is 0. The van der Waals surface area contributed by atoms with Gasteiger partial charge < -0.3 is 4.74 Å². The fraction of sp³-hybridized carbons (Fsp3) is 0.833. The van der Waals surface area contributed by atoms with Crippen LogP contribution in [0, 0.1) is 5.92 Å². The van der Waals surface area contributed by atoms with E-state index in [9.17, 15) is 8.42 Å². The van der Waals surface area contributed by atoms with Gasteiger partial charge in [-0.05, 0) is 31.6 Å². The molecule has 98 valence electrons. The largest absolute Gasteiger partial charge is 0.377 e. The van der Waals surface area contributed by atoms with E-state index in [0.29, 0.717) is 25.6 Å². The highest BCUT2D eigenvalue weighted by Crippen LogP contribution is 2.33. The number of sulfonamides is 1. The van der Waals surface area contributed by atoms with E-state index in [-0.39, 0.29) is 5.25 Å². The van der Waals surface area contributed by atoms with Gasteiger partial charge in [0.25, 0.3) is 0 Å². The average Bonchev–Trinajstić information content (AvgIpc) is 3.14. The number of hydrogen-bond acceptors (Lipinski definition) is 3. The monoisotopic (exact) mass is 259 g/mol. The molecule has 0 unspecified atom stereocenters. The van der Waals surface area contributed by atoms with Crippen LogP contribution in [0.5, 0.6) is 0 Å². The summed E-state index contributed by atoms with van der Waals surface area (Å²) < 4.78 is 31.1. The zero-order chi connectivity index (χ0) is 12.3. The highest BCUT2D eigenvalue weighted by atomic mass is 32.2. The number of rotatable bonds is 6. The van der Waals surface area contributed by atoms with Crippen LogP contribution in [-0.2, 0) is 14.8 Å². The fourth-order valence-electron chi connectivity index (χ4n) is 2.23. The van der Waals surface area contributed by atoms with Gasteiger partial charge in [0.2, 0.25) is 10.0 Å². The van der Waals surface area contributed by atoms with Gasteiger partial charge in [-0.25, -0.2) is 12.7 Å². The molecule has 2 aliphatic rings. The Bertz CT molecular complexity index is 354. The van der Waals surface area contributed by atoms with E-state index in [1.165, 1.54) is 0 Å². The second-order valence-electron chi connectivity index (χ2n) is 4.91. The predicted molar refractivity (Wildman–Crippen MR) is 67.3 cm³/mol. The van der Waals surface area contributed by atoms with Gasteiger partial charge in [0, 0.05) is 19.7 Å². The lowest BCUT2D eigenvalue weighted by molar-refractivity contribution is 0.0982. The Hall–Kier alpha value is -0.390. The van der Waals surface area contributed by atoms with Crippen molar-refractivity contribution in [3.05, 3.63) is 12.7 Å². The van der Waals surface area contributed by atoms with Gasteiger partial charge in [-0.2, -0.15) is 0 Å². The zero-order valence-corrected chi connectivity index (χ0v) is 11.0. The summed E-state index contributed by atoms with van der Waals surface area (Å²) in [6, 6.07) is 0. The fourth-order valence-corrected chi connectivity index (χ4v) is 4.10. The van der Waals surface area contributed by atoms with Gasteiger partial charge >= 0.3 is 0 Å². The molecule has 5 heteroatoms. The van der Waals surface area contributed by atoms with Crippen molar-refractivity contribution in [2.75, 3.05) is 26.3 Å². The molecule has 1 saturated heterocycles. The lowest BCUT2D eigenvalue weighted by Crippen LogP contribution is -2.41. The Labute approximate surface area is 104 Å². The van der Waals surface area contributed by atoms with Crippen LogP contribution in [-0.4, -0.2) is 44.3 Å². The molecule has 1 saturated carbocycles. The van der Waals surface area contributed by atoms with Crippen molar-refractivity contribution in [1.29, 1.82) is 0 Å². The first-order valence-electron chi connectivity index (χ1n) is 6.32. The summed E-state index contributed by atoms with van der Waals surface area (Å²) in [5, 5.41) is -0.0731. The number of ether oxygens (including phenoxy) is 1. The maximum absolute atomic E-state index is 12.0. The molecule has 1 aliphatic carbocycles. The normalized spacial score (nSPS) is 23.8. The topological polar surface area (TPSA) is 46.6 Å². The molecule has 4 nitrogen and oxygen atoms in total. The average molecular weight is 259 g/mol. The maximum Gasteiger partial charge on any atom is 0.216 e. The predicted octanol–water partition coefficient (Wildman–Crippen LogP) is 1.39. The lowest BCUT2D eigenvalue weighted by atomic mass is 9.99. The van der Waals surface area contributed by atoms with Crippen molar-refractivity contribution < 1.29 is 13.2 Å². The Morgan fingerprint density at radius 2 is 1.88 bits per heavy atom. The van der Waals surface area contributed by atoms with Gasteiger partial charge in [0.05, 0.1) is 11.9 Å². The summed E-state index contributed by atoms with van der Waals surface area (Å²) in [4.78, 5) is 0. The zero-order valence-electron chi connectivity index (χ0n) is 10.2. The second-order valence-corrected chi connectivity index (χ2v) is 7.13. The van der Waals surface area contributed by atoms with Crippen LogP contribution < -0.4 is 0 Å². The highest BCUT2D eigenvalue weighted by Gasteiger charge is 2.41. The van der Waals surface area contributed by atoms with Crippen LogP contribution in [0.1, 0.15) is 25.7 Å². The minimum Gasteiger partial charge on any atom is -0.377 e. The van der Waals surface area contributed by atoms with Crippen molar-refractivity contribution >= 4 is 10.0 Å². The summed E-state index contributed by atoms with van der Waals surface area (Å²) in [6.07, 6.45) is 5.29. The molecule has 0 radical (unpaired) electrons. The third kappa shape index (κ3) is 3.30. The molecular weight excluding hydrogens is 238 g/mol. The Morgan fingerprint density at radius 3 is 2.41 bits per heavy atom. The van der Waals surface area contributed by atoms with Crippen molar-refractivity contribution in [3.63, 3.8) is 0 Å². The Balaban J connectivity index is 1.76. The van der Waals surface area contributed by atoms with Crippen LogP contribution in [0.3, 0.4) is 0 Å². The van der Waals surface area contributed by atoms with Gasteiger partial charge in [-0.15, -0.1) is 6.58 Å². The highest BCUT2D eigenvalue weighted by molar-refractivity contribution is 7.90. The van der Waals surface area contributed by atoms with Gasteiger partial charge in [0.15, 0.2) is 0 Å². The third-order valence-corrected chi connectivity index (χ3v) is 5.87. The van der Waals surface area contributed by atoms with Crippen molar-refractivity contribution in [2.24, 2.45) is 5.92 Å². The smallest absolute Gasteiger partial charge is 0.216 e. The van der Waals surface area contributed by atoms with Crippen LogP contribution in [0.2, 0.25) is 0 Å². The van der Waals surface area contributed by atoms with Crippen molar-refractivity contribution in [1.82, 2.24) is 4.31 Å². The second kappa shape index (κ2) is 5.50. The first-order chi connectivity index (χ1) is 8.14. The molecule has 17 heavy (non-hydrogen) atoms. The van der Waals surface area contributed by atoms with Gasteiger partial charge in [0.1, 0.15) is 0 Å². The lowest BCUT2D eigenvalue weighted by Gasteiger charge is -2.31. The van der Waals surface area contributed by atoms with E-state index < -0.39 is 10.0 Å². The molecule has 0 spiro atoms. The maximum atomic E-state index is 12.0.